The normalized spacial score (nSPS) is 11.2. The fraction of sp³-hybridized carbons (Fsp3) is 0.211. The maximum atomic E-state index is 12.4. The Labute approximate surface area is 182 Å². The van der Waals surface area contributed by atoms with Crippen molar-refractivity contribution in [3.8, 4) is 0 Å². The van der Waals surface area contributed by atoms with Crippen LogP contribution < -0.4 is 16.0 Å². The second-order valence-electron chi connectivity index (χ2n) is 6.52. The molecule has 0 spiro atoms. The van der Waals surface area contributed by atoms with Crippen molar-refractivity contribution in [1.29, 1.82) is 0 Å². The van der Waals surface area contributed by atoms with E-state index >= 15 is 0 Å². The summed E-state index contributed by atoms with van der Waals surface area (Å²) in [6, 6.07) is 8.97. The van der Waals surface area contributed by atoms with Crippen molar-refractivity contribution in [1.82, 2.24) is 10.6 Å². The molecule has 0 aromatic heterocycles. The van der Waals surface area contributed by atoms with E-state index in [1.165, 1.54) is 6.07 Å². The summed E-state index contributed by atoms with van der Waals surface area (Å²) in [5, 5.41) is 29.6. The highest BCUT2D eigenvalue weighted by Gasteiger charge is 2.20. The van der Waals surface area contributed by atoms with Crippen molar-refractivity contribution in [2.45, 2.75) is 26.3 Å². The zero-order chi connectivity index (χ0) is 23.1. The van der Waals surface area contributed by atoms with Gasteiger partial charge in [0.05, 0.1) is 21.5 Å². The Morgan fingerprint density at radius 2 is 1.61 bits per heavy atom. The first-order valence-corrected chi connectivity index (χ1v) is 9.48. The molecule has 0 heterocycles. The van der Waals surface area contributed by atoms with E-state index in [4.69, 9.17) is 12.2 Å². The predicted molar refractivity (Wildman–Crippen MR) is 117 cm³/mol. The van der Waals surface area contributed by atoms with E-state index in [9.17, 15) is 29.8 Å². The topological polar surface area (TPSA) is 157 Å². The summed E-state index contributed by atoms with van der Waals surface area (Å²) >= 11 is 5.07. The van der Waals surface area contributed by atoms with Gasteiger partial charge in [0.1, 0.15) is 0 Å². The van der Waals surface area contributed by atoms with Crippen molar-refractivity contribution >= 4 is 46.2 Å². The largest absolute Gasteiger partial charge is 0.350 e. The SMILES string of the molecule is CCC(C)NC(=O)c1cccc(NC(=S)NC(=O)c2cc([N+](=O)[O-])cc([N+](=O)[O-])c2)c1. The van der Waals surface area contributed by atoms with Gasteiger partial charge in [0.2, 0.25) is 0 Å². The minimum atomic E-state index is -0.866. The van der Waals surface area contributed by atoms with E-state index in [-0.39, 0.29) is 22.6 Å². The van der Waals surface area contributed by atoms with Crippen molar-refractivity contribution < 1.29 is 19.4 Å². The van der Waals surface area contributed by atoms with Crippen LogP contribution in [0.1, 0.15) is 41.0 Å². The third kappa shape index (κ3) is 6.54. The molecule has 0 aliphatic carbocycles. The summed E-state index contributed by atoms with van der Waals surface area (Å²) in [7, 11) is 0. The minimum absolute atomic E-state index is 0.00321. The van der Waals surface area contributed by atoms with E-state index in [1.807, 2.05) is 13.8 Å². The monoisotopic (exact) mass is 445 g/mol. The van der Waals surface area contributed by atoms with Crippen molar-refractivity contribution in [3.63, 3.8) is 0 Å². The molecule has 3 N–H and O–H groups in total. The number of non-ortho nitro benzene ring substituents is 2. The van der Waals surface area contributed by atoms with Crippen LogP contribution in [0.15, 0.2) is 42.5 Å². The lowest BCUT2D eigenvalue weighted by molar-refractivity contribution is -0.394. The number of anilines is 1. The van der Waals surface area contributed by atoms with Crippen LogP contribution in [-0.4, -0.2) is 32.8 Å². The van der Waals surface area contributed by atoms with Gasteiger partial charge in [-0.05, 0) is 43.8 Å². The summed E-state index contributed by atoms with van der Waals surface area (Å²) in [4.78, 5) is 44.9. The standard InChI is InChI=1S/C19H19N5O6S/c1-3-11(2)20-17(25)12-5-4-6-14(7-12)21-19(31)22-18(26)13-8-15(23(27)28)10-16(9-13)24(29)30/h4-11H,3H2,1-2H3,(H,20,25)(H2,21,22,26,31). The van der Waals surface area contributed by atoms with Crippen LogP contribution in [0.2, 0.25) is 0 Å². The molecule has 1 atom stereocenters. The van der Waals surface area contributed by atoms with Gasteiger partial charge in [0.15, 0.2) is 5.11 Å². The highest BCUT2D eigenvalue weighted by atomic mass is 32.1. The highest BCUT2D eigenvalue weighted by Crippen LogP contribution is 2.22. The fourth-order valence-corrected chi connectivity index (χ4v) is 2.63. The molecular formula is C19H19N5O6S. The first-order valence-electron chi connectivity index (χ1n) is 9.07. The number of hydrogen-bond donors (Lipinski definition) is 3. The van der Waals surface area contributed by atoms with Gasteiger partial charge >= 0.3 is 0 Å². The zero-order valence-electron chi connectivity index (χ0n) is 16.6. The highest BCUT2D eigenvalue weighted by molar-refractivity contribution is 7.80. The second-order valence-corrected chi connectivity index (χ2v) is 6.93. The lowest BCUT2D eigenvalue weighted by Gasteiger charge is -2.13. The van der Waals surface area contributed by atoms with Crippen LogP contribution in [0.4, 0.5) is 17.1 Å². The number of benzene rings is 2. The third-order valence-corrected chi connectivity index (χ3v) is 4.39. The molecule has 12 heteroatoms. The number of nitro benzene ring substituents is 2. The molecule has 31 heavy (non-hydrogen) atoms. The molecule has 162 valence electrons. The number of amides is 2. The van der Waals surface area contributed by atoms with Gasteiger partial charge in [-0.2, -0.15) is 0 Å². The number of nitrogens with zero attached hydrogens (tertiary/aromatic N) is 2. The van der Waals surface area contributed by atoms with Gasteiger partial charge in [-0.15, -0.1) is 0 Å². The molecule has 2 aromatic carbocycles. The average Bonchev–Trinajstić information content (AvgIpc) is 2.73. The van der Waals surface area contributed by atoms with Gasteiger partial charge < -0.3 is 10.6 Å². The predicted octanol–water partition coefficient (Wildman–Crippen LogP) is 3.16. The summed E-state index contributed by atoms with van der Waals surface area (Å²) in [6.07, 6.45) is 0.773. The van der Waals surface area contributed by atoms with E-state index in [1.54, 1.807) is 18.2 Å². The molecular weight excluding hydrogens is 426 g/mol. The first-order chi connectivity index (χ1) is 14.6. The quantitative estimate of drug-likeness (QED) is 0.333. The lowest BCUT2D eigenvalue weighted by atomic mass is 10.1. The molecule has 0 bridgehead atoms. The maximum absolute atomic E-state index is 12.4. The van der Waals surface area contributed by atoms with Crippen LogP contribution >= 0.6 is 12.2 Å². The van der Waals surface area contributed by atoms with Crippen molar-refractivity contribution in [2.24, 2.45) is 0 Å². The number of nitro groups is 2. The molecule has 0 fully saturated rings. The van der Waals surface area contributed by atoms with Crippen LogP contribution in [0, 0.1) is 20.2 Å². The second kappa shape index (κ2) is 10.2. The minimum Gasteiger partial charge on any atom is -0.350 e. The molecule has 1 unspecified atom stereocenters. The number of rotatable bonds is 7. The molecule has 0 aliphatic rings. The molecule has 0 saturated carbocycles. The van der Waals surface area contributed by atoms with E-state index < -0.39 is 27.1 Å². The molecule has 0 radical (unpaired) electrons. The van der Waals surface area contributed by atoms with Gasteiger partial charge in [0, 0.05) is 29.4 Å². The van der Waals surface area contributed by atoms with Gasteiger partial charge in [-0.3, -0.25) is 35.1 Å². The molecule has 0 saturated heterocycles. The summed E-state index contributed by atoms with van der Waals surface area (Å²) in [5.74, 6) is -1.13. The van der Waals surface area contributed by atoms with E-state index in [0.717, 1.165) is 24.6 Å². The van der Waals surface area contributed by atoms with Crippen molar-refractivity contribution in [2.75, 3.05) is 5.32 Å². The Hall–Kier alpha value is -3.93. The number of hydrogen-bond acceptors (Lipinski definition) is 7. The molecule has 2 amide bonds. The van der Waals surface area contributed by atoms with E-state index in [0.29, 0.717) is 11.3 Å². The lowest BCUT2D eigenvalue weighted by Crippen LogP contribution is -2.34. The summed E-state index contributed by atoms with van der Waals surface area (Å²) < 4.78 is 0. The Kier molecular flexibility index (Phi) is 7.69. The zero-order valence-corrected chi connectivity index (χ0v) is 17.4. The molecule has 11 nitrogen and oxygen atoms in total. The van der Waals surface area contributed by atoms with Gasteiger partial charge in [0.25, 0.3) is 23.2 Å². The summed E-state index contributed by atoms with van der Waals surface area (Å²) in [6.45, 7) is 3.82. The average molecular weight is 445 g/mol. The number of carbonyl (C=O) groups excluding carboxylic acids is 2. The number of nitrogens with one attached hydrogen (secondary N) is 3. The maximum Gasteiger partial charge on any atom is 0.277 e. The third-order valence-electron chi connectivity index (χ3n) is 4.19. The Morgan fingerprint density at radius 1 is 1.00 bits per heavy atom. The Balaban J connectivity index is 2.12. The Bertz CT molecular complexity index is 1030. The van der Waals surface area contributed by atoms with Gasteiger partial charge in [-0.1, -0.05) is 13.0 Å². The van der Waals surface area contributed by atoms with Crippen LogP contribution in [0.5, 0.6) is 0 Å². The summed E-state index contributed by atoms with van der Waals surface area (Å²) in [5.41, 5.74) is -0.691. The molecule has 2 aromatic rings. The molecule has 2 rings (SSSR count). The molecule has 0 aliphatic heterocycles. The Morgan fingerprint density at radius 3 is 2.16 bits per heavy atom. The van der Waals surface area contributed by atoms with Crippen LogP contribution in [-0.2, 0) is 0 Å². The van der Waals surface area contributed by atoms with Crippen molar-refractivity contribution in [3.05, 3.63) is 73.8 Å². The first kappa shape index (κ1) is 23.3. The van der Waals surface area contributed by atoms with Crippen LogP contribution in [0.3, 0.4) is 0 Å². The van der Waals surface area contributed by atoms with Crippen LogP contribution in [0.25, 0.3) is 0 Å². The fourth-order valence-electron chi connectivity index (χ4n) is 2.42. The number of carbonyl (C=O) groups is 2. The van der Waals surface area contributed by atoms with Gasteiger partial charge in [-0.25, -0.2) is 0 Å². The smallest absolute Gasteiger partial charge is 0.277 e. The van der Waals surface area contributed by atoms with E-state index in [2.05, 4.69) is 16.0 Å². The number of thiocarbonyl (C=S) groups is 1.